The third-order valence-electron chi connectivity index (χ3n) is 4.88. The van der Waals surface area contributed by atoms with Gasteiger partial charge in [0.05, 0.1) is 11.7 Å². The highest BCUT2D eigenvalue weighted by Crippen LogP contribution is 2.32. The summed E-state index contributed by atoms with van der Waals surface area (Å²) in [5.41, 5.74) is 1.64. The van der Waals surface area contributed by atoms with Crippen molar-refractivity contribution in [1.82, 2.24) is 19.9 Å². The van der Waals surface area contributed by atoms with Crippen molar-refractivity contribution in [3.63, 3.8) is 0 Å². The first-order valence-corrected chi connectivity index (χ1v) is 8.61. The van der Waals surface area contributed by atoms with Crippen LogP contribution in [0.3, 0.4) is 0 Å². The molecule has 0 bridgehead atoms. The Morgan fingerprint density at radius 1 is 1.04 bits per heavy atom. The zero-order valence-corrected chi connectivity index (χ0v) is 13.6. The molecule has 0 aliphatic carbocycles. The number of pyridine rings is 1. The van der Waals surface area contributed by atoms with Gasteiger partial charge in [0.2, 0.25) is 0 Å². The number of carbonyl (C=O) groups is 1. The van der Waals surface area contributed by atoms with Gasteiger partial charge in [-0.15, -0.1) is 0 Å². The van der Waals surface area contributed by atoms with Gasteiger partial charge in [-0.1, -0.05) is 0 Å². The standard InChI is InChI=1S/C18H21N5O/c24-18(14-5-8-20-17(12-14)22-9-1-2-10-22)23-11-3-4-16(23)15-6-7-19-13-21-15/h5-8,12-13,16H,1-4,9-11H2/t16-/m0/s1. The Kier molecular flexibility index (Phi) is 4.11. The number of rotatable bonds is 3. The van der Waals surface area contributed by atoms with E-state index in [9.17, 15) is 4.79 Å². The lowest BCUT2D eigenvalue weighted by Gasteiger charge is -2.25. The van der Waals surface area contributed by atoms with Gasteiger partial charge in [-0.25, -0.2) is 15.0 Å². The van der Waals surface area contributed by atoms with E-state index in [1.54, 1.807) is 18.7 Å². The zero-order chi connectivity index (χ0) is 16.4. The number of carbonyl (C=O) groups excluding carboxylic acids is 1. The van der Waals surface area contributed by atoms with Gasteiger partial charge in [0, 0.05) is 37.6 Å². The average molecular weight is 323 g/mol. The Morgan fingerprint density at radius 3 is 2.71 bits per heavy atom. The van der Waals surface area contributed by atoms with Crippen LogP contribution in [0.25, 0.3) is 0 Å². The van der Waals surface area contributed by atoms with Crippen molar-refractivity contribution < 1.29 is 4.79 Å². The topological polar surface area (TPSA) is 62.2 Å². The highest BCUT2D eigenvalue weighted by atomic mass is 16.2. The Bertz CT molecular complexity index is 714. The second-order valence-corrected chi connectivity index (χ2v) is 6.39. The summed E-state index contributed by atoms with van der Waals surface area (Å²) in [6, 6.07) is 5.70. The molecule has 0 unspecified atom stereocenters. The number of amides is 1. The molecule has 24 heavy (non-hydrogen) atoms. The fourth-order valence-electron chi connectivity index (χ4n) is 3.65. The molecule has 0 N–H and O–H groups in total. The van der Waals surface area contributed by atoms with Crippen LogP contribution >= 0.6 is 0 Å². The minimum Gasteiger partial charge on any atom is -0.357 e. The molecule has 2 aromatic heterocycles. The van der Waals surface area contributed by atoms with Gasteiger partial charge in [0.25, 0.3) is 5.91 Å². The summed E-state index contributed by atoms with van der Waals surface area (Å²) in [6.45, 7) is 2.82. The summed E-state index contributed by atoms with van der Waals surface area (Å²) in [4.78, 5) is 30.0. The number of aromatic nitrogens is 3. The van der Waals surface area contributed by atoms with Crippen molar-refractivity contribution in [3.05, 3.63) is 48.2 Å². The minimum atomic E-state index is 0.0453. The lowest BCUT2D eigenvalue weighted by atomic mass is 10.1. The lowest BCUT2D eigenvalue weighted by molar-refractivity contribution is 0.0732. The van der Waals surface area contributed by atoms with Crippen molar-refractivity contribution >= 4 is 11.7 Å². The number of anilines is 1. The maximum Gasteiger partial charge on any atom is 0.254 e. The van der Waals surface area contributed by atoms with Crippen molar-refractivity contribution in [2.75, 3.05) is 24.5 Å². The monoisotopic (exact) mass is 323 g/mol. The van der Waals surface area contributed by atoms with Gasteiger partial charge in [0.1, 0.15) is 12.1 Å². The van der Waals surface area contributed by atoms with E-state index in [0.717, 1.165) is 44.0 Å². The lowest BCUT2D eigenvalue weighted by Crippen LogP contribution is -2.31. The largest absolute Gasteiger partial charge is 0.357 e. The number of hydrogen-bond donors (Lipinski definition) is 0. The maximum atomic E-state index is 13.0. The summed E-state index contributed by atoms with van der Waals surface area (Å²) in [6.07, 6.45) is 9.38. The molecule has 2 aliphatic heterocycles. The molecule has 0 saturated carbocycles. The van der Waals surface area contributed by atoms with Crippen LogP contribution in [0, 0.1) is 0 Å². The van der Waals surface area contributed by atoms with Gasteiger partial charge in [-0.3, -0.25) is 4.79 Å². The second-order valence-electron chi connectivity index (χ2n) is 6.39. The van der Waals surface area contributed by atoms with Gasteiger partial charge in [0.15, 0.2) is 0 Å². The van der Waals surface area contributed by atoms with E-state index in [1.165, 1.54) is 12.8 Å². The van der Waals surface area contributed by atoms with E-state index in [2.05, 4.69) is 19.9 Å². The molecule has 1 amide bonds. The zero-order valence-electron chi connectivity index (χ0n) is 13.6. The predicted molar refractivity (Wildman–Crippen MR) is 90.7 cm³/mol. The Balaban J connectivity index is 1.57. The summed E-state index contributed by atoms with van der Waals surface area (Å²) >= 11 is 0. The summed E-state index contributed by atoms with van der Waals surface area (Å²) in [5.74, 6) is 0.982. The summed E-state index contributed by atoms with van der Waals surface area (Å²) in [7, 11) is 0. The molecule has 0 aromatic carbocycles. The normalized spacial score (nSPS) is 20.6. The molecule has 4 heterocycles. The van der Waals surface area contributed by atoms with Gasteiger partial charge in [-0.2, -0.15) is 0 Å². The van der Waals surface area contributed by atoms with Crippen molar-refractivity contribution in [2.45, 2.75) is 31.7 Å². The van der Waals surface area contributed by atoms with Crippen LogP contribution in [0.2, 0.25) is 0 Å². The van der Waals surface area contributed by atoms with Crippen LogP contribution in [0.4, 0.5) is 5.82 Å². The second kappa shape index (κ2) is 6.55. The highest BCUT2D eigenvalue weighted by Gasteiger charge is 2.31. The molecular weight excluding hydrogens is 302 g/mol. The van der Waals surface area contributed by atoms with Crippen LogP contribution in [0.1, 0.15) is 47.8 Å². The number of likely N-dealkylation sites (tertiary alicyclic amines) is 1. The van der Waals surface area contributed by atoms with Crippen LogP contribution < -0.4 is 4.90 Å². The van der Waals surface area contributed by atoms with E-state index >= 15 is 0 Å². The third kappa shape index (κ3) is 2.84. The Labute approximate surface area is 141 Å². The summed E-state index contributed by atoms with van der Waals surface area (Å²) < 4.78 is 0. The first-order valence-electron chi connectivity index (χ1n) is 8.61. The van der Waals surface area contributed by atoms with Gasteiger partial charge in [-0.05, 0) is 43.9 Å². The highest BCUT2D eigenvalue weighted by molar-refractivity contribution is 5.95. The molecule has 6 nitrogen and oxygen atoms in total. The molecular formula is C18H21N5O. The van der Waals surface area contributed by atoms with Crippen LogP contribution in [-0.4, -0.2) is 45.4 Å². The van der Waals surface area contributed by atoms with Crippen molar-refractivity contribution in [2.24, 2.45) is 0 Å². The fraction of sp³-hybridized carbons (Fsp3) is 0.444. The molecule has 124 valence electrons. The van der Waals surface area contributed by atoms with Gasteiger partial charge >= 0.3 is 0 Å². The van der Waals surface area contributed by atoms with E-state index < -0.39 is 0 Å². The van der Waals surface area contributed by atoms with E-state index in [4.69, 9.17) is 0 Å². The summed E-state index contributed by atoms with van der Waals surface area (Å²) in [5, 5.41) is 0. The molecule has 2 saturated heterocycles. The Hall–Kier alpha value is -2.50. The van der Waals surface area contributed by atoms with E-state index in [-0.39, 0.29) is 11.9 Å². The Morgan fingerprint density at radius 2 is 1.92 bits per heavy atom. The van der Waals surface area contributed by atoms with Crippen molar-refractivity contribution in [1.29, 1.82) is 0 Å². The average Bonchev–Trinajstić information content (AvgIpc) is 3.34. The van der Waals surface area contributed by atoms with Crippen LogP contribution in [-0.2, 0) is 0 Å². The van der Waals surface area contributed by atoms with E-state index in [0.29, 0.717) is 5.56 Å². The SMILES string of the molecule is O=C(c1ccnc(N2CCCC2)c1)N1CCC[C@H]1c1ccncn1. The molecule has 4 rings (SSSR count). The van der Waals surface area contributed by atoms with E-state index in [1.807, 2.05) is 23.1 Å². The minimum absolute atomic E-state index is 0.0453. The molecule has 2 aliphatic rings. The van der Waals surface area contributed by atoms with Crippen LogP contribution in [0.15, 0.2) is 36.9 Å². The first kappa shape index (κ1) is 15.1. The predicted octanol–water partition coefficient (Wildman–Crippen LogP) is 2.45. The van der Waals surface area contributed by atoms with Crippen LogP contribution in [0.5, 0.6) is 0 Å². The van der Waals surface area contributed by atoms with Gasteiger partial charge < -0.3 is 9.80 Å². The molecule has 0 spiro atoms. The molecule has 1 atom stereocenters. The fourth-order valence-corrected chi connectivity index (χ4v) is 3.65. The third-order valence-corrected chi connectivity index (χ3v) is 4.88. The maximum absolute atomic E-state index is 13.0. The smallest absolute Gasteiger partial charge is 0.254 e. The molecule has 2 aromatic rings. The van der Waals surface area contributed by atoms with Crippen molar-refractivity contribution in [3.8, 4) is 0 Å². The number of nitrogens with zero attached hydrogens (tertiary/aromatic N) is 5. The first-order chi connectivity index (χ1) is 11.8. The quantitative estimate of drug-likeness (QED) is 0.868. The molecule has 2 fully saturated rings. The molecule has 6 heteroatoms. The number of hydrogen-bond acceptors (Lipinski definition) is 5. The molecule has 0 radical (unpaired) electrons.